The SMILES string of the molecule is COc1ccccc1-c1ccc2c(c1)c1cc(-c3ccc4c(c3)c3ccccc3n4-c3ccccc3)ccc1n2-c1ccccc1. The molecule has 0 bridgehead atoms. The quantitative estimate of drug-likeness (QED) is 0.195. The molecule has 0 aliphatic heterocycles. The fourth-order valence-corrected chi connectivity index (χ4v) is 7.12. The van der Waals surface area contributed by atoms with E-state index in [0.29, 0.717) is 0 Å². The molecule has 0 saturated carbocycles. The van der Waals surface area contributed by atoms with Gasteiger partial charge in [0.25, 0.3) is 0 Å². The molecule has 9 rings (SSSR count). The van der Waals surface area contributed by atoms with Gasteiger partial charge in [-0.25, -0.2) is 0 Å². The second-order valence-corrected chi connectivity index (χ2v) is 11.8. The summed E-state index contributed by atoms with van der Waals surface area (Å²) in [6.45, 7) is 0. The first-order valence-electron chi connectivity index (χ1n) is 15.6. The summed E-state index contributed by atoms with van der Waals surface area (Å²) in [5.74, 6) is 0.873. The van der Waals surface area contributed by atoms with Crippen molar-refractivity contribution in [3.63, 3.8) is 0 Å². The Morgan fingerprint density at radius 3 is 1.39 bits per heavy atom. The van der Waals surface area contributed by atoms with Gasteiger partial charge < -0.3 is 13.9 Å². The van der Waals surface area contributed by atoms with Crippen LogP contribution in [0.2, 0.25) is 0 Å². The molecule has 0 saturated heterocycles. The highest BCUT2D eigenvalue weighted by atomic mass is 16.5. The predicted molar refractivity (Wildman–Crippen MR) is 193 cm³/mol. The number of ether oxygens (including phenoxy) is 1. The first-order chi connectivity index (χ1) is 22.8. The largest absolute Gasteiger partial charge is 0.496 e. The van der Waals surface area contributed by atoms with Gasteiger partial charge in [-0.1, -0.05) is 91.0 Å². The number of nitrogens with zero attached hydrogens (tertiary/aromatic N) is 2. The third-order valence-corrected chi connectivity index (χ3v) is 9.22. The Hall–Kier alpha value is -6.06. The summed E-state index contributed by atoms with van der Waals surface area (Å²) in [6.07, 6.45) is 0. The number of hydrogen-bond donors (Lipinski definition) is 0. The van der Waals surface area contributed by atoms with Crippen LogP contribution in [0.4, 0.5) is 0 Å². The van der Waals surface area contributed by atoms with Crippen molar-refractivity contribution < 1.29 is 4.74 Å². The van der Waals surface area contributed by atoms with E-state index in [0.717, 1.165) is 22.6 Å². The fraction of sp³-hybridized carbons (Fsp3) is 0.0233. The van der Waals surface area contributed by atoms with E-state index >= 15 is 0 Å². The van der Waals surface area contributed by atoms with Crippen molar-refractivity contribution in [1.82, 2.24) is 9.13 Å². The molecular formula is C43H30N2O. The van der Waals surface area contributed by atoms with Crippen molar-refractivity contribution in [3.8, 4) is 39.4 Å². The van der Waals surface area contributed by atoms with Gasteiger partial charge in [0.15, 0.2) is 0 Å². The smallest absolute Gasteiger partial charge is 0.126 e. The van der Waals surface area contributed by atoms with Crippen LogP contribution < -0.4 is 4.74 Å². The van der Waals surface area contributed by atoms with Crippen molar-refractivity contribution in [2.45, 2.75) is 0 Å². The highest BCUT2D eigenvalue weighted by Crippen LogP contribution is 2.40. The zero-order valence-electron chi connectivity index (χ0n) is 25.4. The van der Waals surface area contributed by atoms with Crippen molar-refractivity contribution in [2.24, 2.45) is 0 Å². The number of fused-ring (bicyclic) bond motifs is 6. The van der Waals surface area contributed by atoms with Gasteiger partial charge in [-0.15, -0.1) is 0 Å². The summed E-state index contributed by atoms with van der Waals surface area (Å²) in [7, 11) is 1.74. The first kappa shape index (κ1) is 26.4. The van der Waals surface area contributed by atoms with Crippen LogP contribution in [-0.4, -0.2) is 16.2 Å². The molecule has 9 aromatic rings. The van der Waals surface area contributed by atoms with Gasteiger partial charge in [-0.05, 0) is 89.5 Å². The van der Waals surface area contributed by atoms with Crippen LogP contribution in [-0.2, 0) is 0 Å². The van der Waals surface area contributed by atoms with Crippen molar-refractivity contribution in [3.05, 3.63) is 164 Å². The van der Waals surface area contributed by atoms with Gasteiger partial charge in [-0.2, -0.15) is 0 Å². The summed E-state index contributed by atoms with van der Waals surface area (Å²) in [4.78, 5) is 0. The number of hydrogen-bond acceptors (Lipinski definition) is 1. The van der Waals surface area contributed by atoms with Crippen LogP contribution in [0.15, 0.2) is 164 Å². The van der Waals surface area contributed by atoms with Gasteiger partial charge in [-0.3, -0.25) is 0 Å². The Morgan fingerprint density at radius 2 is 0.804 bits per heavy atom. The van der Waals surface area contributed by atoms with E-state index in [1.54, 1.807) is 7.11 Å². The lowest BCUT2D eigenvalue weighted by Crippen LogP contribution is -1.93. The normalized spacial score (nSPS) is 11.6. The van der Waals surface area contributed by atoms with Crippen LogP contribution in [0, 0.1) is 0 Å². The molecule has 7 aromatic carbocycles. The minimum Gasteiger partial charge on any atom is -0.496 e. The molecule has 0 spiro atoms. The van der Waals surface area contributed by atoms with E-state index in [9.17, 15) is 0 Å². The Bertz CT molecular complexity index is 2560. The van der Waals surface area contributed by atoms with Crippen LogP contribution in [0.5, 0.6) is 5.75 Å². The Kier molecular flexibility index (Phi) is 6.04. The number of para-hydroxylation sites is 4. The highest BCUT2D eigenvalue weighted by Gasteiger charge is 2.17. The molecule has 0 radical (unpaired) electrons. The molecule has 218 valence electrons. The molecule has 0 aliphatic carbocycles. The minimum absolute atomic E-state index is 0.873. The molecule has 3 heteroatoms. The molecular weight excluding hydrogens is 560 g/mol. The molecule has 0 amide bonds. The molecule has 3 nitrogen and oxygen atoms in total. The predicted octanol–water partition coefficient (Wildman–Crippen LogP) is 11.2. The monoisotopic (exact) mass is 590 g/mol. The van der Waals surface area contributed by atoms with Crippen molar-refractivity contribution in [2.75, 3.05) is 7.11 Å². The van der Waals surface area contributed by atoms with E-state index < -0.39 is 0 Å². The first-order valence-corrected chi connectivity index (χ1v) is 15.6. The van der Waals surface area contributed by atoms with Crippen LogP contribution >= 0.6 is 0 Å². The van der Waals surface area contributed by atoms with Gasteiger partial charge in [0.1, 0.15) is 5.75 Å². The average molecular weight is 591 g/mol. The Labute approximate surface area is 267 Å². The number of benzene rings is 7. The third-order valence-electron chi connectivity index (χ3n) is 9.22. The van der Waals surface area contributed by atoms with Crippen molar-refractivity contribution >= 4 is 43.6 Å². The summed E-state index contributed by atoms with van der Waals surface area (Å²) >= 11 is 0. The number of aromatic nitrogens is 2. The van der Waals surface area contributed by atoms with Crippen LogP contribution in [0.25, 0.3) is 77.2 Å². The molecule has 0 unspecified atom stereocenters. The second kappa shape index (κ2) is 10.5. The molecule has 2 aromatic heterocycles. The lowest BCUT2D eigenvalue weighted by Gasteiger charge is -2.10. The maximum Gasteiger partial charge on any atom is 0.126 e. The maximum absolute atomic E-state index is 5.74. The zero-order chi connectivity index (χ0) is 30.6. The molecule has 0 aliphatic rings. The minimum atomic E-state index is 0.873. The molecule has 0 atom stereocenters. The standard InChI is InChI=1S/C43H30N2O/c1-46-43-19-11-9-16-34(43)31-22-25-42-38(28-31)37-27-30(21-24-41(37)45(42)33-14-6-3-7-15-33)29-20-23-40-36(26-29)35-17-8-10-18-39(35)44(40)32-12-4-2-5-13-32/h2-28H,1H3. The molecule has 2 heterocycles. The second-order valence-electron chi connectivity index (χ2n) is 11.8. The Balaban J connectivity index is 1.28. The van der Waals surface area contributed by atoms with Gasteiger partial charge in [0.2, 0.25) is 0 Å². The van der Waals surface area contributed by atoms with Gasteiger partial charge in [0, 0.05) is 38.5 Å². The van der Waals surface area contributed by atoms with Crippen molar-refractivity contribution in [1.29, 1.82) is 0 Å². The lowest BCUT2D eigenvalue weighted by molar-refractivity contribution is 0.416. The fourth-order valence-electron chi connectivity index (χ4n) is 7.12. The van der Waals surface area contributed by atoms with Crippen LogP contribution in [0.1, 0.15) is 0 Å². The third kappa shape index (κ3) is 4.06. The summed E-state index contributed by atoms with van der Waals surface area (Å²) in [5, 5.41) is 4.94. The van der Waals surface area contributed by atoms with Crippen LogP contribution in [0.3, 0.4) is 0 Å². The van der Waals surface area contributed by atoms with E-state index in [1.165, 1.54) is 60.4 Å². The molecule has 0 N–H and O–H groups in total. The summed E-state index contributed by atoms with van der Waals surface area (Å²) in [5.41, 5.74) is 11.7. The highest BCUT2D eigenvalue weighted by molar-refractivity contribution is 6.13. The topological polar surface area (TPSA) is 19.1 Å². The Morgan fingerprint density at radius 1 is 0.370 bits per heavy atom. The van der Waals surface area contributed by atoms with E-state index in [4.69, 9.17) is 4.74 Å². The molecule has 46 heavy (non-hydrogen) atoms. The van der Waals surface area contributed by atoms with E-state index in [-0.39, 0.29) is 0 Å². The summed E-state index contributed by atoms with van der Waals surface area (Å²) in [6, 6.07) is 58.7. The molecule has 0 fully saturated rings. The summed E-state index contributed by atoms with van der Waals surface area (Å²) < 4.78 is 10.5. The zero-order valence-corrected chi connectivity index (χ0v) is 25.4. The lowest BCUT2D eigenvalue weighted by atomic mass is 9.99. The maximum atomic E-state index is 5.74. The average Bonchev–Trinajstić information content (AvgIpc) is 3.64. The van der Waals surface area contributed by atoms with E-state index in [1.807, 2.05) is 12.1 Å². The number of methoxy groups -OCH3 is 1. The van der Waals surface area contributed by atoms with E-state index in [2.05, 4.69) is 161 Å². The van der Waals surface area contributed by atoms with Gasteiger partial charge in [0.05, 0.1) is 29.2 Å². The number of rotatable bonds is 5. The van der Waals surface area contributed by atoms with Gasteiger partial charge >= 0.3 is 0 Å².